The Balaban J connectivity index is 1.43. The van der Waals surface area contributed by atoms with Crippen molar-refractivity contribution in [2.75, 3.05) is 23.4 Å². The van der Waals surface area contributed by atoms with E-state index in [4.69, 9.17) is 9.47 Å². The van der Waals surface area contributed by atoms with Gasteiger partial charge in [0.2, 0.25) is 5.91 Å². The van der Waals surface area contributed by atoms with Gasteiger partial charge in [-0.1, -0.05) is 36.4 Å². The topological polar surface area (TPSA) is 67.9 Å². The molecule has 2 aliphatic heterocycles. The largest absolute Gasteiger partial charge is 0.486 e. The highest BCUT2D eigenvalue weighted by Crippen LogP contribution is 2.35. The van der Waals surface area contributed by atoms with Gasteiger partial charge in [0.15, 0.2) is 11.5 Å². The van der Waals surface area contributed by atoms with Gasteiger partial charge >= 0.3 is 0 Å². The van der Waals surface area contributed by atoms with Gasteiger partial charge in [-0.05, 0) is 35.9 Å². The molecule has 3 aromatic rings. The number of hydrogen-bond donors (Lipinski definition) is 1. The van der Waals surface area contributed by atoms with Crippen LogP contribution in [0.1, 0.15) is 15.9 Å². The molecule has 30 heavy (non-hydrogen) atoms. The van der Waals surface area contributed by atoms with E-state index in [-0.39, 0.29) is 11.8 Å². The third-order valence-electron chi connectivity index (χ3n) is 5.33. The summed E-state index contributed by atoms with van der Waals surface area (Å²) in [5.74, 6) is 0.828. The maximum absolute atomic E-state index is 13.3. The second-order valence-electron chi connectivity index (χ2n) is 7.24. The first kappa shape index (κ1) is 18.2. The number of anilines is 2. The second kappa shape index (κ2) is 7.55. The molecule has 0 unspecified atom stereocenters. The van der Waals surface area contributed by atoms with Gasteiger partial charge in [-0.2, -0.15) is 0 Å². The highest BCUT2D eigenvalue weighted by molar-refractivity contribution is 6.13. The lowest BCUT2D eigenvalue weighted by Gasteiger charge is -2.25. The normalized spacial score (nSPS) is 16.7. The molecule has 1 atom stereocenters. The maximum Gasteiger partial charge on any atom is 0.259 e. The van der Waals surface area contributed by atoms with Crippen LogP contribution < -0.4 is 19.7 Å². The third kappa shape index (κ3) is 3.26. The summed E-state index contributed by atoms with van der Waals surface area (Å²) < 4.78 is 11.1. The van der Waals surface area contributed by atoms with Crippen LogP contribution in [-0.4, -0.2) is 31.1 Å². The molecule has 0 spiro atoms. The summed E-state index contributed by atoms with van der Waals surface area (Å²) in [7, 11) is 0. The van der Waals surface area contributed by atoms with Crippen molar-refractivity contribution in [3.05, 3.63) is 83.9 Å². The molecule has 2 heterocycles. The lowest BCUT2D eigenvalue weighted by Crippen LogP contribution is -2.45. The van der Waals surface area contributed by atoms with E-state index in [1.165, 1.54) is 0 Å². The minimum atomic E-state index is -0.636. The number of amides is 2. The summed E-state index contributed by atoms with van der Waals surface area (Å²) in [6.45, 7) is 0.983. The number of carbonyl (C=O) groups is 2. The molecule has 0 aromatic heterocycles. The zero-order valence-corrected chi connectivity index (χ0v) is 16.2. The Morgan fingerprint density at radius 3 is 2.43 bits per heavy atom. The van der Waals surface area contributed by atoms with Gasteiger partial charge in [0, 0.05) is 29.4 Å². The quantitative estimate of drug-likeness (QED) is 0.729. The lowest BCUT2D eigenvalue weighted by molar-refractivity contribution is -0.117. The number of hydrogen-bond acceptors (Lipinski definition) is 4. The van der Waals surface area contributed by atoms with Gasteiger partial charge in [-0.15, -0.1) is 0 Å². The lowest BCUT2D eigenvalue weighted by atomic mass is 10.1. The fourth-order valence-electron chi connectivity index (χ4n) is 3.91. The molecule has 0 fully saturated rings. The van der Waals surface area contributed by atoms with Crippen LogP contribution in [0.2, 0.25) is 0 Å². The van der Waals surface area contributed by atoms with Crippen molar-refractivity contribution in [2.24, 2.45) is 0 Å². The van der Waals surface area contributed by atoms with Crippen molar-refractivity contribution in [1.82, 2.24) is 0 Å². The van der Waals surface area contributed by atoms with Crippen LogP contribution in [0, 0.1) is 0 Å². The Hall–Kier alpha value is -3.80. The molecule has 6 heteroatoms. The van der Waals surface area contributed by atoms with Crippen molar-refractivity contribution in [3.8, 4) is 11.5 Å². The van der Waals surface area contributed by atoms with E-state index >= 15 is 0 Å². The first-order valence-corrected chi connectivity index (χ1v) is 9.88. The SMILES string of the molecule is O=C(Nc1ccc2c(c1)OCCO2)[C@@H]1Cc2ccccc2N1C(=O)c1ccccc1. The highest BCUT2D eigenvalue weighted by atomic mass is 16.6. The Labute approximate surface area is 174 Å². The van der Waals surface area contributed by atoms with Gasteiger partial charge in [-0.3, -0.25) is 14.5 Å². The van der Waals surface area contributed by atoms with E-state index in [0.717, 1.165) is 11.3 Å². The molecule has 0 radical (unpaired) electrons. The van der Waals surface area contributed by atoms with Gasteiger partial charge in [0.05, 0.1) is 0 Å². The van der Waals surface area contributed by atoms with Crippen LogP contribution >= 0.6 is 0 Å². The Morgan fingerprint density at radius 1 is 0.867 bits per heavy atom. The third-order valence-corrected chi connectivity index (χ3v) is 5.33. The highest BCUT2D eigenvalue weighted by Gasteiger charge is 2.38. The molecule has 3 aromatic carbocycles. The number of ether oxygens (including phenoxy) is 2. The molecule has 150 valence electrons. The Kier molecular flexibility index (Phi) is 4.59. The number of nitrogens with one attached hydrogen (secondary N) is 1. The van der Waals surface area contributed by atoms with E-state index < -0.39 is 6.04 Å². The predicted molar refractivity (Wildman–Crippen MR) is 113 cm³/mol. The molecule has 0 saturated heterocycles. The van der Waals surface area contributed by atoms with E-state index in [1.807, 2.05) is 42.5 Å². The number of nitrogens with zero attached hydrogens (tertiary/aromatic N) is 1. The van der Waals surface area contributed by atoms with E-state index in [9.17, 15) is 9.59 Å². The van der Waals surface area contributed by atoms with Crippen LogP contribution in [0.15, 0.2) is 72.8 Å². The first-order valence-electron chi connectivity index (χ1n) is 9.88. The number of carbonyl (C=O) groups excluding carboxylic acids is 2. The van der Waals surface area contributed by atoms with Crippen molar-refractivity contribution >= 4 is 23.2 Å². The van der Waals surface area contributed by atoms with Crippen LogP contribution in [0.4, 0.5) is 11.4 Å². The predicted octanol–water partition coefficient (Wildman–Crippen LogP) is 3.67. The average molecular weight is 400 g/mol. The molecule has 6 nitrogen and oxygen atoms in total. The van der Waals surface area contributed by atoms with Crippen molar-refractivity contribution in [1.29, 1.82) is 0 Å². The van der Waals surface area contributed by atoms with Gasteiger partial charge in [0.1, 0.15) is 19.3 Å². The number of rotatable bonds is 3. The molecule has 2 aliphatic rings. The summed E-state index contributed by atoms with van der Waals surface area (Å²) in [5, 5.41) is 2.94. The molecular weight excluding hydrogens is 380 g/mol. The van der Waals surface area contributed by atoms with E-state index in [0.29, 0.717) is 42.4 Å². The standard InChI is InChI=1S/C24H20N2O4/c27-23(25-18-10-11-21-22(15-18)30-13-12-29-21)20-14-17-8-4-5-9-19(17)26(20)24(28)16-6-2-1-3-7-16/h1-11,15,20H,12-14H2,(H,25,27)/t20-/m0/s1. The first-order chi connectivity index (χ1) is 14.7. The average Bonchev–Trinajstić information content (AvgIpc) is 3.19. The Bertz CT molecular complexity index is 1110. The summed E-state index contributed by atoms with van der Waals surface area (Å²) in [6, 6.07) is 21.3. The number of fused-ring (bicyclic) bond motifs is 2. The Morgan fingerprint density at radius 2 is 1.60 bits per heavy atom. The van der Waals surface area contributed by atoms with Crippen LogP contribution in [0.3, 0.4) is 0 Å². The summed E-state index contributed by atoms with van der Waals surface area (Å²) in [4.78, 5) is 28.1. The fraction of sp³-hybridized carbons (Fsp3) is 0.167. The van der Waals surface area contributed by atoms with Gasteiger partial charge in [-0.25, -0.2) is 0 Å². The smallest absolute Gasteiger partial charge is 0.259 e. The molecule has 1 N–H and O–H groups in total. The van der Waals surface area contributed by atoms with Gasteiger partial charge < -0.3 is 14.8 Å². The van der Waals surface area contributed by atoms with Gasteiger partial charge in [0.25, 0.3) is 5.91 Å². The number of para-hydroxylation sites is 1. The molecular formula is C24H20N2O4. The van der Waals surface area contributed by atoms with Crippen LogP contribution in [-0.2, 0) is 11.2 Å². The van der Waals surface area contributed by atoms with Crippen molar-refractivity contribution in [3.63, 3.8) is 0 Å². The van der Waals surface area contributed by atoms with Crippen LogP contribution in [0.5, 0.6) is 11.5 Å². The molecule has 5 rings (SSSR count). The molecule has 0 saturated carbocycles. The van der Waals surface area contributed by atoms with E-state index in [2.05, 4.69) is 5.32 Å². The van der Waals surface area contributed by atoms with Crippen molar-refractivity contribution in [2.45, 2.75) is 12.5 Å². The maximum atomic E-state index is 13.3. The minimum Gasteiger partial charge on any atom is -0.486 e. The monoisotopic (exact) mass is 400 g/mol. The summed E-state index contributed by atoms with van der Waals surface area (Å²) >= 11 is 0. The van der Waals surface area contributed by atoms with Crippen LogP contribution in [0.25, 0.3) is 0 Å². The molecule has 2 amide bonds. The number of benzene rings is 3. The summed E-state index contributed by atoms with van der Waals surface area (Å²) in [5.41, 5.74) is 2.90. The second-order valence-corrected chi connectivity index (χ2v) is 7.24. The fourth-order valence-corrected chi connectivity index (χ4v) is 3.91. The zero-order chi connectivity index (χ0) is 20.5. The zero-order valence-electron chi connectivity index (χ0n) is 16.2. The van der Waals surface area contributed by atoms with E-state index in [1.54, 1.807) is 35.2 Å². The van der Waals surface area contributed by atoms with Crippen molar-refractivity contribution < 1.29 is 19.1 Å². The molecule has 0 bridgehead atoms. The summed E-state index contributed by atoms with van der Waals surface area (Å²) in [6.07, 6.45) is 0.463. The molecule has 0 aliphatic carbocycles. The minimum absolute atomic E-state index is 0.192.